The van der Waals surface area contributed by atoms with Crippen LogP contribution in [0.25, 0.3) is 0 Å². The predicted octanol–water partition coefficient (Wildman–Crippen LogP) is 3.91. The fourth-order valence-corrected chi connectivity index (χ4v) is 3.18. The van der Waals surface area contributed by atoms with Gasteiger partial charge in [0.25, 0.3) is 0 Å². The number of methoxy groups -OCH3 is 1. The molecule has 0 atom stereocenters. The molecule has 0 aliphatic rings. The number of aromatic nitrogens is 1. The van der Waals surface area contributed by atoms with Gasteiger partial charge in [-0.3, -0.25) is 0 Å². The van der Waals surface area contributed by atoms with Crippen LogP contribution in [0.4, 0.5) is 0 Å². The van der Waals surface area contributed by atoms with Crippen molar-refractivity contribution in [1.29, 1.82) is 0 Å². The summed E-state index contributed by atoms with van der Waals surface area (Å²) in [5.74, 6) is -0.620. The summed E-state index contributed by atoms with van der Waals surface area (Å²) in [5.41, 5.74) is 1.77. The van der Waals surface area contributed by atoms with E-state index in [9.17, 15) is 4.79 Å². The van der Waals surface area contributed by atoms with E-state index in [1.807, 2.05) is 0 Å². The zero-order valence-electron chi connectivity index (χ0n) is 14.2. The summed E-state index contributed by atoms with van der Waals surface area (Å²) in [6, 6.07) is 7.07. The zero-order chi connectivity index (χ0) is 19.1. The van der Waals surface area contributed by atoms with Gasteiger partial charge in [0, 0.05) is 11.1 Å². The summed E-state index contributed by atoms with van der Waals surface area (Å²) in [6.07, 6.45) is 0. The number of nitrogens with zero attached hydrogens (tertiary/aromatic N) is 3. The van der Waals surface area contributed by atoms with Crippen LogP contribution in [0.15, 0.2) is 34.6 Å². The van der Waals surface area contributed by atoms with Crippen LogP contribution < -0.4 is 0 Å². The highest BCUT2D eigenvalue weighted by Crippen LogP contribution is 2.29. The molecule has 0 saturated carbocycles. The van der Waals surface area contributed by atoms with Crippen molar-refractivity contribution in [1.82, 2.24) is 4.37 Å². The molecule has 0 N–H and O–H groups in total. The third-order valence-electron chi connectivity index (χ3n) is 3.18. The third-order valence-corrected chi connectivity index (χ3v) is 5.09. The van der Waals surface area contributed by atoms with Gasteiger partial charge in [0.2, 0.25) is 0 Å². The SMILES string of the molecule is CO/N=C(/C(=O)OC)c1ccccc1CO/N=C(\C)c1snc(Cl)c1Cl. The molecule has 2 aromatic rings. The van der Waals surface area contributed by atoms with Gasteiger partial charge in [-0.15, -0.1) is 0 Å². The van der Waals surface area contributed by atoms with Crippen molar-refractivity contribution in [3.05, 3.63) is 50.4 Å². The van der Waals surface area contributed by atoms with Crippen LogP contribution in [0.5, 0.6) is 0 Å². The van der Waals surface area contributed by atoms with Gasteiger partial charge in [0.1, 0.15) is 13.7 Å². The highest BCUT2D eigenvalue weighted by atomic mass is 35.5. The maximum atomic E-state index is 11.9. The second kappa shape index (κ2) is 9.51. The Morgan fingerprint density at radius 2 is 1.96 bits per heavy atom. The van der Waals surface area contributed by atoms with E-state index in [0.717, 1.165) is 11.5 Å². The van der Waals surface area contributed by atoms with Crippen molar-refractivity contribution < 1.29 is 19.2 Å². The lowest BCUT2D eigenvalue weighted by Crippen LogP contribution is -2.19. The van der Waals surface area contributed by atoms with E-state index < -0.39 is 5.97 Å². The maximum Gasteiger partial charge on any atom is 0.360 e. The molecule has 0 aliphatic heterocycles. The van der Waals surface area contributed by atoms with Crippen molar-refractivity contribution in [3.63, 3.8) is 0 Å². The highest BCUT2D eigenvalue weighted by Gasteiger charge is 2.19. The largest absolute Gasteiger partial charge is 0.464 e. The Morgan fingerprint density at radius 3 is 2.58 bits per heavy atom. The summed E-state index contributed by atoms with van der Waals surface area (Å²) >= 11 is 13.0. The fraction of sp³-hybridized carbons (Fsp3) is 0.250. The molecule has 0 radical (unpaired) electrons. The van der Waals surface area contributed by atoms with E-state index in [-0.39, 0.29) is 17.5 Å². The van der Waals surface area contributed by atoms with Crippen LogP contribution in [0.1, 0.15) is 22.9 Å². The maximum absolute atomic E-state index is 11.9. The standard InChI is InChI=1S/C16H15Cl2N3O4S/c1-9(14-12(17)15(18)21-26-14)19-25-8-10-6-4-5-7-11(10)13(20-24-3)16(22)23-2/h4-7H,8H2,1-3H3/b19-9+,20-13+. The summed E-state index contributed by atoms with van der Waals surface area (Å²) in [7, 11) is 2.61. The van der Waals surface area contributed by atoms with Gasteiger partial charge >= 0.3 is 5.97 Å². The van der Waals surface area contributed by atoms with E-state index in [4.69, 9.17) is 37.6 Å². The number of oxime groups is 2. The van der Waals surface area contributed by atoms with Gasteiger partial charge in [-0.05, 0) is 18.5 Å². The number of carbonyl (C=O) groups is 1. The quantitative estimate of drug-likeness (QED) is 0.388. The molecule has 10 heteroatoms. The lowest BCUT2D eigenvalue weighted by Gasteiger charge is -2.09. The lowest BCUT2D eigenvalue weighted by molar-refractivity contribution is -0.132. The van der Waals surface area contributed by atoms with Crippen LogP contribution in [-0.4, -0.2) is 36.0 Å². The normalized spacial score (nSPS) is 12.0. The number of hydrogen-bond acceptors (Lipinski definition) is 8. The number of rotatable bonds is 7. The van der Waals surface area contributed by atoms with Gasteiger partial charge in [0.05, 0.1) is 22.7 Å². The molecule has 0 unspecified atom stereocenters. The molecule has 1 aromatic heterocycles. The van der Waals surface area contributed by atoms with E-state index in [1.165, 1.54) is 14.2 Å². The first-order valence-electron chi connectivity index (χ1n) is 7.24. The third kappa shape index (κ3) is 4.72. The van der Waals surface area contributed by atoms with Gasteiger partial charge in [0.15, 0.2) is 10.9 Å². The molecule has 2 rings (SSSR count). The minimum atomic E-state index is -0.620. The van der Waals surface area contributed by atoms with Crippen LogP contribution in [0, 0.1) is 0 Å². The number of esters is 1. The Morgan fingerprint density at radius 1 is 1.23 bits per heavy atom. The Hall–Kier alpha value is -2.16. The van der Waals surface area contributed by atoms with E-state index in [0.29, 0.717) is 26.7 Å². The molecule has 26 heavy (non-hydrogen) atoms. The van der Waals surface area contributed by atoms with E-state index in [1.54, 1.807) is 31.2 Å². The molecule has 0 amide bonds. The molecule has 0 saturated heterocycles. The minimum Gasteiger partial charge on any atom is -0.464 e. The highest BCUT2D eigenvalue weighted by molar-refractivity contribution is 7.09. The Balaban J connectivity index is 2.20. The number of ether oxygens (including phenoxy) is 1. The Labute approximate surface area is 164 Å². The summed E-state index contributed by atoms with van der Waals surface area (Å²) in [6.45, 7) is 1.82. The summed E-state index contributed by atoms with van der Waals surface area (Å²) in [4.78, 5) is 22.7. The molecule has 0 aliphatic carbocycles. The van der Waals surface area contributed by atoms with Crippen molar-refractivity contribution in [3.8, 4) is 0 Å². The fourth-order valence-electron chi connectivity index (χ4n) is 1.99. The average Bonchev–Trinajstić information content (AvgIpc) is 2.98. The van der Waals surface area contributed by atoms with Crippen LogP contribution >= 0.6 is 34.7 Å². The van der Waals surface area contributed by atoms with Crippen LogP contribution in [-0.2, 0) is 25.8 Å². The number of halogens is 2. The molecular formula is C16H15Cl2N3O4S. The second-order valence-corrected chi connectivity index (χ2v) is 6.35. The van der Waals surface area contributed by atoms with Crippen LogP contribution in [0.2, 0.25) is 10.2 Å². The second-order valence-electron chi connectivity index (χ2n) is 4.84. The Kier molecular flexibility index (Phi) is 7.38. The first-order valence-corrected chi connectivity index (χ1v) is 8.77. The van der Waals surface area contributed by atoms with Gasteiger partial charge < -0.3 is 14.4 Å². The molecule has 1 aromatic carbocycles. The summed E-state index contributed by atoms with van der Waals surface area (Å²) < 4.78 is 8.69. The first-order chi connectivity index (χ1) is 12.5. The van der Waals surface area contributed by atoms with Crippen LogP contribution in [0.3, 0.4) is 0 Å². The number of benzene rings is 1. The molecule has 1 heterocycles. The average molecular weight is 416 g/mol. The predicted molar refractivity (Wildman–Crippen MR) is 101 cm³/mol. The van der Waals surface area contributed by atoms with E-state index >= 15 is 0 Å². The van der Waals surface area contributed by atoms with Crippen molar-refractivity contribution in [2.45, 2.75) is 13.5 Å². The lowest BCUT2D eigenvalue weighted by atomic mass is 10.0. The molecule has 0 spiro atoms. The smallest absolute Gasteiger partial charge is 0.360 e. The topological polar surface area (TPSA) is 82.4 Å². The summed E-state index contributed by atoms with van der Waals surface area (Å²) in [5, 5.41) is 8.34. The van der Waals surface area contributed by atoms with Crippen molar-refractivity contribution in [2.75, 3.05) is 14.2 Å². The molecule has 7 nitrogen and oxygen atoms in total. The monoisotopic (exact) mass is 415 g/mol. The first kappa shape index (κ1) is 20.2. The van der Waals surface area contributed by atoms with Gasteiger partial charge in [-0.25, -0.2) is 4.79 Å². The van der Waals surface area contributed by atoms with Crippen molar-refractivity contribution in [2.24, 2.45) is 10.3 Å². The van der Waals surface area contributed by atoms with E-state index in [2.05, 4.69) is 14.7 Å². The van der Waals surface area contributed by atoms with Gasteiger partial charge in [-0.1, -0.05) is 57.8 Å². The molecule has 0 bridgehead atoms. The number of hydrogen-bond donors (Lipinski definition) is 0. The van der Waals surface area contributed by atoms with Gasteiger partial charge in [-0.2, -0.15) is 4.37 Å². The zero-order valence-corrected chi connectivity index (χ0v) is 16.5. The molecule has 138 valence electrons. The number of carbonyl (C=O) groups excluding carboxylic acids is 1. The van der Waals surface area contributed by atoms with Crippen molar-refractivity contribution >= 4 is 52.1 Å². The molecule has 0 fully saturated rings. The molecular weight excluding hydrogens is 401 g/mol. The minimum absolute atomic E-state index is 0.0344. The Bertz CT molecular complexity index is 852.